The summed E-state index contributed by atoms with van der Waals surface area (Å²) in [5.74, 6) is 1.60. The SMILES string of the molecule is O=C(O)N1CC2(CC(n3cnc(C4CC4)n3)C2)C1. The van der Waals surface area contributed by atoms with Crippen LogP contribution in [0.1, 0.15) is 43.5 Å². The maximum atomic E-state index is 10.7. The highest BCUT2D eigenvalue weighted by molar-refractivity contribution is 5.66. The average Bonchev–Trinajstić information content (AvgIpc) is 2.94. The minimum absolute atomic E-state index is 0.245. The minimum Gasteiger partial charge on any atom is -0.465 e. The zero-order chi connectivity index (χ0) is 12.3. The molecule has 2 aliphatic carbocycles. The molecule has 0 bridgehead atoms. The lowest BCUT2D eigenvalue weighted by atomic mass is 9.61. The van der Waals surface area contributed by atoms with Crippen molar-refractivity contribution in [3.8, 4) is 0 Å². The van der Waals surface area contributed by atoms with Crippen molar-refractivity contribution in [3.05, 3.63) is 12.2 Å². The van der Waals surface area contributed by atoms with E-state index < -0.39 is 6.09 Å². The third-order valence-corrected chi connectivity index (χ3v) is 4.50. The Balaban J connectivity index is 1.37. The molecule has 0 atom stereocenters. The van der Waals surface area contributed by atoms with E-state index in [4.69, 9.17) is 5.11 Å². The van der Waals surface area contributed by atoms with Crippen LogP contribution in [0.4, 0.5) is 4.79 Å². The Hall–Kier alpha value is -1.59. The highest BCUT2D eigenvalue weighted by Crippen LogP contribution is 2.53. The van der Waals surface area contributed by atoms with Crippen molar-refractivity contribution in [3.63, 3.8) is 0 Å². The Morgan fingerprint density at radius 2 is 2.11 bits per heavy atom. The Kier molecular flexibility index (Phi) is 1.86. The topological polar surface area (TPSA) is 71.2 Å². The molecule has 2 heterocycles. The lowest BCUT2D eigenvalue weighted by Gasteiger charge is -2.57. The van der Waals surface area contributed by atoms with E-state index >= 15 is 0 Å². The highest BCUT2D eigenvalue weighted by Gasteiger charge is 2.54. The van der Waals surface area contributed by atoms with Gasteiger partial charge in [0.15, 0.2) is 5.82 Å². The van der Waals surface area contributed by atoms with Crippen LogP contribution in [0.25, 0.3) is 0 Å². The van der Waals surface area contributed by atoms with Gasteiger partial charge in [-0.2, -0.15) is 5.10 Å². The van der Waals surface area contributed by atoms with Gasteiger partial charge in [0.25, 0.3) is 0 Å². The summed E-state index contributed by atoms with van der Waals surface area (Å²) in [5, 5.41) is 13.4. The Labute approximate surface area is 105 Å². The van der Waals surface area contributed by atoms with E-state index in [0.29, 0.717) is 25.0 Å². The summed E-state index contributed by atoms with van der Waals surface area (Å²) in [7, 11) is 0. The maximum Gasteiger partial charge on any atom is 0.407 e. The van der Waals surface area contributed by atoms with Gasteiger partial charge in [0, 0.05) is 24.4 Å². The van der Waals surface area contributed by atoms with Crippen molar-refractivity contribution in [2.24, 2.45) is 5.41 Å². The third kappa shape index (κ3) is 1.44. The molecular formula is C12H16N4O2. The number of hydrogen-bond donors (Lipinski definition) is 1. The molecule has 4 rings (SSSR count). The molecule has 6 nitrogen and oxygen atoms in total. The Morgan fingerprint density at radius 3 is 2.72 bits per heavy atom. The van der Waals surface area contributed by atoms with E-state index in [1.54, 1.807) is 0 Å². The summed E-state index contributed by atoms with van der Waals surface area (Å²) in [6, 6.07) is 0.431. The first-order chi connectivity index (χ1) is 8.65. The van der Waals surface area contributed by atoms with Gasteiger partial charge in [-0.1, -0.05) is 0 Å². The molecule has 3 aliphatic rings. The molecule has 1 saturated heterocycles. The number of likely N-dealkylation sites (tertiary alicyclic amines) is 1. The van der Waals surface area contributed by atoms with Crippen molar-refractivity contribution in [1.82, 2.24) is 19.7 Å². The number of carboxylic acid groups (broad SMARTS) is 1. The first-order valence-electron chi connectivity index (χ1n) is 6.54. The van der Waals surface area contributed by atoms with Gasteiger partial charge in [-0.25, -0.2) is 14.5 Å². The monoisotopic (exact) mass is 248 g/mol. The summed E-state index contributed by atoms with van der Waals surface area (Å²) < 4.78 is 1.99. The van der Waals surface area contributed by atoms with Gasteiger partial charge >= 0.3 is 6.09 Å². The predicted molar refractivity (Wildman–Crippen MR) is 62.3 cm³/mol. The molecule has 1 aromatic rings. The molecule has 1 aliphatic heterocycles. The lowest BCUT2D eigenvalue weighted by Crippen LogP contribution is -2.63. The highest BCUT2D eigenvalue weighted by atomic mass is 16.4. The van der Waals surface area contributed by atoms with Crippen LogP contribution in [-0.2, 0) is 0 Å². The van der Waals surface area contributed by atoms with Gasteiger partial charge in [0.2, 0.25) is 0 Å². The Morgan fingerprint density at radius 1 is 1.39 bits per heavy atom. The molecule has 3 fully saturated rings. The molecule has 96 valence electrons. The van der Waals surface area contributed by atoms with Gasteiger partial charge in [-0.3, -0.25) is 0 Å². The summed E-state index contributed by atoms with van der Waals surface area (Å²) in [4.78, 5) is 16.6. The molecule has 0 aromatic carbocycles. The molecule has 1 aromatic heterocycles. The normalized spacial score (nSPS) is 25.9. The van der Waals surface area contributed by atoms with E-state index in [1.807, 2.05) is 11.0 Å². The van der Waals surface area contributed by atoms with Gasteiger partial charge in [0.05, 0.1) is 6.04 Å². The van der Waals surface area contributed by atoms with Crippen molar-refractivity contribution < 1.29 is 9.90 Å². The fraction of sp³-hybridized carbons (Fsp3) is 0.750. The van der Waals surface area contributed by atoms with Gasteiger partial charge < -0.3 is 10.0 Å². The molecule has 1 N–H and O–H groups in total. The van der Waals surface area contributed by atoms with Gasteiger partial charge in [-0.15, -0.1) is 0 Å². The smallest absolute Gasteiger partial charge is 0.407 e. The van der Waals surface area contributed by atoms with Crippen LogP contribution in [0, 0.1) is 5.41 Å². The van der Waals surface area contributed by atoms with E-state index in [0.717, 1.165) is 18.7 Å². The summed E-state index contributed by atoms with van der Waals surface area (Å²) in [5.41, 5.74) is 0.245. The number of amides is 1. The van der Waals surface area contributed by atoms with E-state index in [9.17, 15) is 4.79 Å². The second-order valence-corrected chi connectivity index (χ2v) is 6.06. The molecule has 6 heteroatoms. The zero-order valence-corrected chi connectivity index (χ0v) is 10.1. The van der Waals surface area contributed by atoms with Crippen LogP contribution in [0.2, 0.25) is 0 Å². The molecule has 2 saturated carbocycles. The fourth-order valence-electron chi connectivity index (χ4n) is 3.28. The summed E-state index contributed by atoms with van der Waals surface area (Å²) in [6.45, 7) is 1.39. The molecular weight excluding hydrogens is 232 g/mol. The second-order valence-electron chi connectivity index (χ2n) is 6.06. The number of rotatable bonds is 2. The standard InChI is InChI=1S/C12H16N4O2/c17-11(18)15-5-12(6-15)3-9(4-12)16-7-13-10(14-16)8-1-2-8/h7-9H,1-6H2,(H,17,18). The summed E-state index contributed by atoms with van der Waals surface area (Å²) in [6.07, 6.45) is 5.60. The van der Waals surface area contributed by atoms with Crippen molar-refractivity contribution in [2.75, 3.05) is 13.1 Å². The van der Waals surface area contributed by atoms with Crippen molar-refractivity contribution >= 4 is 6.09 Å². The molecule has 18 heavy (non-hydrogen) atoms. The van der Waals surface area contributed by atoms with Crippen molar-refractivity contribution in [2.45, 2.75) is 37.6 Å². The third-order valence-electron chi connectivity index (χ3n) is 4.50. The molecule has 0 radical (unpaired) electrons. The van der Waals surface area contributed by atoms with Crippen LogP contribution >= 0.6 is 0 Å². The maximum absolute atomic E-state index is 10.7. The van der Waals surface area contributed by atoms with E-state index in [1.165, 1.54) is 17.7 Å². The van der Waals surface area contributed by atoms with Crippen LogP contribution in [-0.4, -0.2) is 44.0 Å². The molecule has 1 spiro atoms. The van der Waals surface area contributed by atoms with Crippen LogP contribution in [0.15, 0.2) is 6.33 Å². The van der Waals surface area contributed by atoms with E-state index in [2.05, 4.69) is 10.1 Å². The minimum atomic E-state index is -0.791. The summed E-state index contributed by atoms with van der Waals surface area (Å²) >= 11 is 0. The van der Waals surface area contributed by atoms with E-state index in [-0.39, 0.29) is 5.41 Å². The lowest BCUT2D eigenvalue weighted by molar-refractivity contribution is -0.0772. The van der Waals surface area contributed by atoms with Gasteiger partial charge in [0.1, 0.15) is 6.33 Å². The first kappa shape index (κ1) is 10.3. The quantitative estimate of drug-likeness (QED) is 0.860. The first-order valence-corrected chi connectivity index (χ1v) is 6.54. The number of aromatic nitrogens is 3. The van der Waals surface area contributed by atoms with Crippen molar-refractivity contribution in [1.29, 1.82) is 0 Å². The number of carbonyl (C=O) groups is 1. The second kappa shape index (κ2) is 3.24. The number of hydrogen-bond acceptors (Lipinski definition) is 3. The van der Waals surface area contributed by atoms with Crippen LogP contribution in [0.5, 0.6) is 0 Å². The predicted octanol–water partition coefficient (Wildman–Crippen LogP) is 1.47. The fourth-order valence-corrected chi connectivity index (χ4v) is 3.28. The average molecular weight is 248 g/mol. The molecule has 0 unspecified atom stereocenters. The largest absolute Gasteiger partial charge is 0.465 e. The van der Waals surface area contributed by atoms with Crippen LogP contribution < -0.4 is 0 Å². The van der Waals surface area contributed by atoms with Crippen LogP contribution in [0.3, 0.4) is 0 Å². The Bertz CT molecular complexity index is 494. The molecule has 1 amide bonds. The zero-order valence-electron chi connectivity index (χ0n) is 10.1. The van der Waals surface area contributed by atoms with Gasteiger partial charge in [-0.05, 0) is 25.7 Å². The number of nitrogens with zero attached hydrogens (tertiary/aromatic N) is 4.